The third-order valence-corrected chi connectivity index (χ3v) is 8.26. The molecule has 0 unspecified atom stereocenters. The molecule has 0 radical (unpaired) electrons. The number of aryl methyl sites for hydroxylation is 3. The second-order valence-corrected chi connectivity index (χ2v) is 10.9. The van der Waals surface area contributed by atoms with Crippen molar-refractivity contribution < 1.29 is 9.59 Å². The Morgan fingerprint density at radius 3 is 2.59 bits per heavy atom. The molecular formula is C25H30N4O3S2. The fraction of sp³-hybridized carbons (Fsp3) is 0.440. The topological polar surface area (TPSA) is 84.3 Å². The first-order valence-electron chi connectivity index (χ1n) is 11.5. The molecule has 2 amide bonds. The standard InChI is InChI=1S/C25H30N4O3S2/c1-5-19-16(3)22-23(34-19)27-25(29(24(22)32)12-17-8-6-15(2)7-9-17)33-14-21(31)28(4)13-20(30)26-18-10-11-18/h6-9,18H,5,10-14H2,1-4H3,(H,26,30). The van der Waals surface area contributed by atoms with E-state index in [-0.39, 0.29) is 35.7 Å². The van der Waals surface area contributed by atoms with E-state index in [4.69, 9.17) is 4.98 Å². The Hall–Kier alpha value is -2.65. The van der Waals surface area contributed by atoms with Crippen molar-refractivity contribution in [3.05, 3.63) is 56.2 Å². The molecule has 180 valence electrons. The zero-order chi connectivity index (χ0) is 24.4. The van der Waals surface area contributed by atoms with Crippen LogP contribution in [0.3, 0.4) is 0 Å². The molecule has 0 spiro atoms. The molecule has 0 aliphatic heterocycles. The fourth-order valence-corrected chi connectivity index (χ4v) is 5.85. The molecule has 9 heteroatoms. The minimum atomic E-state index is -0.177. The number of amides is 2. The van der Waals surface area contributed by atoms with Gasteiger partial charge in [-0.1, -0.05) is 48.5 Å². The molecule has 2 heterocycles. The van der Waals surface area contributed by atoms with Crippen molar-refractivity contribution in [3.63, 3.8) is 0 Å². The van der Waals surface area contributed by atoms with Gasteiger partial charge in [-0.15, -0.1) is 11.3 Å². The summed E-state index contributed by atoms with van der Waals surface area (Å²) in [6.45, 7) is 6.50. The quantitative estimate of drug-likeness (QED) is 0.361. The molecule has 3 aromatic rings. The van der Waals surface area contributed by atoms with E-state index in [9.17, 15) is 14.4 Å². The number of aromatic nitrogens is 2. The van der Waals surface area contributed by atoms with Gasteiger partial charge in [0.25, 0.3) is 5.56 Å². The van der Waals surface area contributed by atoms with Crippen LogP contribution in [-0.2, 0) is 22.6 Å². The zero-order valence-electron chi connectivity index (χ0n) is 20.0. The molecule has 0 bridgehead atoms. The maximum absolute atomic E-state index is 13.6. The van der Waals surface area contributed by atoms with E-state index in [0.717, 1.165) is 40.8 Å². The summed E-state index contributed by atoms with van der Waals surface area (Å²) in [6, 6.07) is 8.33. The van der Waals surface area contributed by atoms with Crippen LogP contribution < -0.4 is 10.9 Å². The number of carbonyl (C=O) groups excluding carboxylic acids is 2. The van der Waals surface area contributed by atoms with Gasteiger partial charge in [0.15, 0.2) is 5.16 Å². The lowest BCUT2D eigenvalue weighted by Crippen LogP contribution is -2.39. The van der Waals surface area contributed by atoms with Crippen LogP contribution in [0.15, 0.2) is 34.2 Å². The first kappa shape index (κ1) is 24.5. The van der Waals surface area contributed by atoms with Crippen molar-refractivity contribution in [2.45, 2.75) is 57.8 Å². The van der Waals surface area contributed by atoms with Crippen LogP contribution in [0.25, 0.3) is 10.2 Å². The number of likely N-dealkylation sites (N-methyl/N-ethyl adjacent to an activating group) is 1. The molecule has 1 aliphatic rings. The van der Waals surface area contributed by atoms with Crippen LogP contribution in [0.4, 0.5) is 0 Å². The van der Waals surface area contributed by atoms with Gasteiger partial charge in [-0.2, -0.15) is 0 Å². The fourth-order valence-electron chi connectivity index (χ4n) is 3.75. The number of thiophene rings is 1. The van der Waals surface area contributed by atoms with E-state index < -0.39 is 0 Å². The summed E-state index contributed by atoms with van der Waals surface area (Å²) in [5.41, 5.74) is 3.07. The van der Waals surface area contributed by atoms with Crippen molar-refractivity contribution in [2.24, 2.45) is 0 Å². The Bertz CT molecular complexity index is 1280. The van der Waals surface area contributed by atoms with E-state index in [1.807, 2.05) is 38.1 Å². The second-order valence-electron chi connectivity index (χ2n) is 8.84. The molecule has 1 aliphatic carbocycles. The third kappa shape index (κ3) is 5.52. The maximum Gasteiger partial charge on any atom is 0.263 e. The Labute approximate surface area is 207 Å². The van der Waals surface area contributed by atoms with Crippen molar-refractivity contribution in [1.29, 1.82) is 0 Å². The highest BCUT2D eigenvalue weighted by Gasteiger charge is 2.25. The Kier molecular flexibility index (Phi) is 7.42. The zero-order valence-corrected chi connectivity index (χ0v) is 21.6. The molecule has 1 fully saturated rings. The normalized spacial score (nSPS) is 13.3. The lowest BCUT2D eigenvalue weighted by Gasteiger charge is -2.17. The van der Waals surface area contributed by atoms with Crippen LogP contribution in [0.1, 0.15) is 41.3 Å². The van der Waals surface area contributed by atoms with Crippen molar-refractivity contribution in [2.75, 3.05) is 19.3 Å². The number of nitrogens with one attached hydrogen (secondary N) is 1. The van der Waals surface area contributed by atoms with E-state index >= 15 is 0 Å². The number of nitrogens with zero attached hydrogens (tertiary/aromatic N) is 3. The summed E-state index contributed by atoms with van der Waals surface area (Å²) < 4.78 is 1.67. The van der Waals surface area contributed by atoms with E-state index in [2.05, 4.69) is 12.2 Å². The summed E-state index contributed by atoms with van der Waals surface area (Å²) >= 11 is 2.79. The highest BCUT2D eigenvalue weighted by atomic mass is 32.2. The van der Waals surface area contributed by atoms with Crippen LogP contribution in [0.5, 0.6) is 0 Å². The summed E-state index contributed by atoms with van der Waals surface area (Å²) in [5, 5.41) is 4.08. The van der Waals surface area contributed by atoms with Gasteiger partial charge in [0.05, 0.1) is 24.2 Å². The molecule has 1 aromatic carbocycles. The number of benzene rings is 1. The molecule has 0 saturated heterocycles. The van der Waals surface area contributed by atoms with E-state index in [1.165, 1.54) is 16.7 Å². The van der Waals surface area contributed by atoms with E-state index in [0.29, 0.717) is 21.9 Å². The predicted octanol–water partition coefficient (Wildman–Crippen LogP) is 3.51. The predicted molar refractivity (Wildman–Crippen MR) is 138 cm³/mol. The monoisotopic (exact) mass is 498 g/mol. The SMILES string of the molecule is CCc1sc2nc(SCC(=O)N(C)CC(=O)NC3CC3)n(Cc3ccc(C)cc3)c(=O)c2c1C. The number of carbonyl (C=O) groups is 2. The highest BCUT2D eigenvalue weighted by molar-refractivity contribution is 7.99. The summed E-state index contributed by atoms with van der Waals surface area (Å²) in [4.78, 5) is 46.5. The number of fused-ring (bicyclic) bond motifs is 1. The number of thioether (sulfide) groups is 1. The third-order valence-electron chi connectivity index (χ3n) is 5.97. The second kappa shape index (κ2) is 10.3. The molecule has 7 nitrogen and oxygen atoms in total. The first-order chi connectivity index (χ1) is 16.3. The minimum absolute atomic E-state index is 0.0303. The maximum atomic E-state index is 13.6. The Morgan fingerprint density at radius 1 is 1.24 bits per heavy atom. The van der Waals surface area contributed by atoms with Gasteiger partial charge in [0.2, 0.25) is 11.8 Å². The highest BCUT2D eigenvalue weighted by Crippen LogP contribution is 2.30. The summed E-state index contributed by atoms with van der Waals surface area (Å²) in [7, 11) is 1.63. The number of hydrogen-bond donors (Lipinski definition) is 1. The van der Waals surface area contributed by atoms with Gasteiger partial charge in [0, 0.05) is 18.0 Å². The molecule has 4 rings (SSSR count). The summed E-state index contributed by atoms with van der Waals surface area (Å²) in [6.07, 6.45) is 2.86. The largest absolute Gasteiger partial charge is 0.352 e. The van der Waals surface area contributed by atoms with Crippen LogP contribution in [-0.4, -0.2) is 51.7 Å². The lowest BCUT2D eigenvalue weighted by molar-refractivity contribution is -0.132. The van der Waals surface area contributed by atoms with Crippen LogP contribution in [0.2, 0.25) is 0 Å². The molecular weight excluding hydrogens is 468 g/mol. The number of hydrogen-bond acceptors (Lipinski definition) is 6. The minimum Gasteiger partial charge on any atom is -0.352 e. The van der Waals surface area contributed by atoms with Crippen molar-refractivity contribution in [1.82, 2.24) is 19.8 Å². The van der Waals surface area contributed by atoms with Gasteiger partial charge in [-0.25, -0.2) is 4.98 Å². The smallest absolute Gasteiger partial charge is 0.263 e. The first-order valence-corrected chi connectivity index (χ1v) is 13.3. The van der Waals surface area contributed by atoms with E-state index in [1.54, 1.807) is 23.0 Å². The summed E-state index contributed by atoms with van der Waals surface area (Å²) in [5.74, 6) is -0.214. The van der Waals surface area contributed by atoms with Gasteiger partial charge < -0.3 is 10.2 Å². The lowest BCUT2D eigenvalue weighted by atomic mass is 10.1. The van der Waals surface area contributed by atoms with Crippen LogP contribution in [0, 0.1) is 13.8 Å². The number of rotatable bonds is 9. The van der Waals surface area contributed by atoms with Gasteiger partial charge in [-0.05, 0) is 44.2 Å². The Morgan fingerprint density at radius 2 is 1.94 bits per heavy atom. The molecule has 1 saturated carbocycles. The van der Waals surface area contributed by atoms with Crippen molar-refractivity contribution in [3.8, 4) is 0 Å². The van der Waals surface area contributed by atoms with Gasteiger partial charge in [-0.3, -0.25) is 19.0 Å². The van der Waals surface area contributed by atoms with Crippen molar-refractivity contribution >= 4 is 45.1 Å². The molecule has 2 aromatic heterocycles. The average molecular weight is 499 g/mol. The molecule has 0 atom stereocenters. The Balaban J connectivity index is 1.59. The van der Waals surface area contributed by atoms with Gasteiger partial charge in [0.1, 0.15) is 4.83 Å². The van der Waals surface area contributed by atoms with Gasteiger partial charge >= 0.3 is 0 Å². The molecule has 1 N–H and O–H groups in total. The average Bonchev–Trinajstić information content (AvgIpc) is 3.56. The molecule has 34 heavy (non-hydrogen) atoms. The van der Waals surface area contributed by atoms with Crippen LogP contribution >= 0.6 is 23.1 Å².